The Balaban J connectivity index is 2.02. The summed E-state index contributed by atoms with van der Waals surface area (Å²) in [5.74, 6) is 1.51. The Morgan fingerprint density at radius 1 is 0.960 bits per heavy atom. The highest BCUT2D eigenvalue weighted by atomic mass is 16.5. The third-order valence-corrected chi connectivity index (χ3v) is 3.66. The van der Waals surface area contributed by atoms with Crippen molar-refractivity contribution in [3.05, 3.63) is 58.4 Å². The third kappa shape index (κ3) is 3.33. The number of ether oxygens (including phenoxy) is 3. The summed E-state index contributed by atoms with van der Waals surface area (Å²) in [7, 11) is 4.61. The van der Waals surface area contributed by atoms with Crippen LogP contribution in [0.25, 0.3) is 11.0 Å². The van der Waals surface area contributed by atoms with E-state index in [1.807, 2.05) is 18.2 Å². The van der Waals surface area contributed by atoms with Crippen molar-refractivity contribution < 1.29 is 18.6 Å². The monoisotopic (exact) mass is 339 g/mol. The molecular formula is C19H17NO5. The molecule has 0 saturated heterocycles. The summed E-state index contributed by atoms with van der Waals surface area (Å²) in [5, 5.41) is 0.805. The van der Waals surface area contributed by atoms with Crippen molar-refractivity contribution in [1.82, 2.24) is 0 Å². The van der Waals surface area contributed by atoms with Gasteiger partial charge in [0.25, 0.3) is 0 Å². The lowest BCUT2D eigenvalue weighted by Crippen LogP contribution is -1.99. The molecule has 0 aliphatic carbocycles. The highest BCUT2D eigenvalue weighted by molar-refractivity contribution is 5.86. The van der Waals surface area contributed by atoms with Crippen LogP contribution in [-0.4, -0.2) is 27.5 Å². The predicted molar refractivity (Wildman–Crippen MR) is 95.8 cm³/mol. The summed E-state index contributed by atoms with van der Waals surface area (Å²) in [4.78, 5) is 16.3. The van der Waals surface area contributed by atoms with Crippen molar-refractivity contribution in [2.24, 2.45) is 4.99 Å². The Labute approximate surface area is 144 Å². The van der Waals surface area contributed by atoms with E-state index in [9.17, 15) is 4.79 Å². The Bertz CT molecular complexity index is 966. The minimum Gasteiger partial charge on any atom is -0.493 e. The average molecular weight is 339 g/mol. The number of nitrogens with zero attached hydrogens (tertiary/aromatic N) is 1. The number of methoxy groups -OCH3 is 3. The number of rotatable bonds is 5. The van der Waals surface area contributed by atoms with E-state index < -0.39 is 5.63 Å². The van der Waals surface area contributed by atoms with Gasteiger partial charge in [-0.1, -0.05) is 18.2 Å². The van der Waals surface area contributed by atoms with Gasteiger partial charge in [-0.05, 0) is 24.3 Å². The lowest BCUT2D eigenvalue weighted by molar-refractivity contribution is 0.324. The van der Waals surface area contributed by atoms with Crippen LogP contribution >= 0.6 is 0 Å². The smallest absolute Gasteiger partial charge is 0.362 e. The number of hydrogen-bond acceptors (Lipinski definition) is 6. The number of para-hydroxylation sites is 1. The van der Waals surface area contributed by atoms with Crippen LogP contribution in [0.2, 0.25) is 0 Å². The molecule has 0 aliphatic heterocycles. The lowest BCUT2D eigenvalue weighted by Gasteiger charge is -2.12. The molecule has 0 unspecified atom stereocenters. The van der Waals surface area contributed by atoms with Gasteiger partial charge in [-0.25, -0.2) is 9.79 Å². The van der Waals surface area contributed by atoms with Gasteiger partial charge in [-0.15, -0.1) is 0 Å². The van der Waals surface area contributed by atoms with Gasteiger partial charge < -0.3 is 18.6 Å². The molecule has 3 aromatic rings. The van der Waals surface area contributed by atoms with E-state index in [-0.39, 0.29) is 5.69 Å². The molecule has 0 bridgehead atoms. The molecule has 3 rings (SSSR count). The van der Waals surface area contributed by atoms with E-state index in [2.05, 4.69) is 4.99 Å². The second-order valence-corrected chi connectivity index (χ2v) is 5.17. The molecule has 6 nitrogen and oxygen atoms in total. The second kappa shape index (κ2) is 7.09. The van der Waals surface area contributed by atoms with E-state index >= 15 is 0 Å². The summed E-state index contributed by atoms with van der Waals surface area (Å²) in [6.07, 6.45) is 1.55. The molecule has 0 atom stereocenters. The fraction of sp³-hybridized carbons (Fsp3) is 0.158. The van der Waals surface area contributed by atoms with Crippen LogP contribution < -0.4 is 19.8 Å². The van der Waals surface area contributed by atoms with Crippen molar-refractivity contribution in [3.63, 3.8) is 0 Å². The van der Waals surface area contributed by atoms with E-state index in [1.165, 1.54) is 21.3 Å². The topological polar surface area (TPSA) is 70.3 Å². The number of benzene rings is 2. The molecule has 0 radical (unpaired) electrons. The molecule has 0 aliphatic rings. The standard InChI is InChI=1S/C19H17NO5/c1-22-16-8-12(9-17(23-2)18(16)24-3)11-20-14-10-13-6-4-5-7-15(13)25-19(14)21/h4-11H,1-3H3. The first-order valence-electron chi connectivity index (χ1n) is 7.53. The molecule has 0 amide bonds. The quantitative estimate of drug-likeness (QED) is 0.525. The maximum atomic E-state index is 12.1. The highest BCUT2D eigenvalue weighted by Gasteiger charge is 2.12. The van der Waals surface area contributed by atoms with Gasteiger partial charge in [0.2, 0.25) is 5.75 Å². The third-order valence-electron chi connectivity index (χ3n) is 3.66. The van der Waals surface area contributed by atoms with Crippen LogP contribution in [0.3, 0.4) is 0 Å². The first kappa shape index (κ1) is 16.6. The van der Waals surface area contributed by atoms with Crippen LogP contribution in [0.4, 0.5) is 5.69 Å². The summed E-state index contributed by atoms with van der Waals surface area (Å²) < 4.78 is 21.2. The molecule has 128 valence electrons. The summed E-state index contributed by atoms with van der Waals surface area (Å²) in [5.41, 5.74) is 0.941. The minimum atomic E-state index is -0.498. The fourth-order valence-corrected chi connectivity index (χ4v) is 2.46. The van der Waals surface area contributed by atoms with E-state index in [0.29, 0.717) is 28.4 Å². The molecule has 1 heterocycles. The van der Waals surface area contributed by atoms with Gasteiger partial charge in [0.15, 0.2) is 11.5 Å². The first-order valence-corrected chi connectivity index (χ1v) is 7.53. The Morgan fingerprint density at radius 2 is 1.64 bits per heavy atom. The van der Waals surface area contributed by atoms with Crippen molar-refractivity contribution in [2.75, 3.05) is 21.3 Å². The fourth-order valence-electron chi connectivity index (χ4n) is 2.46. The molecule has 0 fully saturated rings. The van der Waals surface area contributed by atoms with E-state index in [0.717, 1.165) is 5.39 Å². The first-order chi connectivity index (χ1) is 12.2. The van der Waals surface area contributed by atoms with E-state index in [1.54, 1.807) is 30.5 Å². The molecular weight excluding hydrogens is 322 g/mol. The van der Waals surface area contributed by atoms with Crippen LogP contribution in [0, 0.1) is 0 Å². The van der Waals surface area contributed by atoms with Crippen LogP contribution in [0.5, 0.6) is 17.2 Å². The second-order valence-electron chi connectivity index (χ2n) is 5.17. The van der Waals surface area contributed by atoms with Crippen molar-refractivity contribution in [3.8, 4) is 17.2 Å². The molecule has 0 saturated carbocycles. The van der Waals surface area contributed by atoms with Gasteiger partial charge in [0.1, 0.15) is 11.3 Å². The van der Waals surface area contributed by atoms with Gasteiger partial charge in [0, 0.05) is 17.2 Å². The average Bonchev–Trinajstić information content (AvgIpc) is 2.65. The maximum absolute atomic E-state index is 12.1. The van der Waals surface area contributed by atoms with Crippen molar-refractivity contribution in [1.29, 1.82) is 0 Å². The van der Waals surface area contributed by atoms with Gasteiger partial charge >= 0.3 is 5.63 Å². The van der Waals surface area contributed by atoms with Crippen LogP contribution in [-0.2, 0) is 0 Å². The van der Waals surface area contributed by atoms with Crippen molar-refractivity contribution in [2.45, 2.75) is 0 Å². The summed E-state index contributed by atoms with van der Waals surface area (Å²) in [6, 6.07) is 12.5. The van der Waals surface area contributed by atoms with Gasteiger partial charge in [-0.3, -0.25) is 0 Å². The molecule has 25 heavy (non-hydrogen) atoms. The Morgan fingerprint density at radius 3 is 2.28 bits per heavy atom. The normalized spacial score (nSPS) is 11.0. The number of aliphatic imine (C=N–C) groups is 1. The highest BCUT2D eigenvalue weighted by Crippen LogP contribution is 2.37. The SMILES string of the molecule is COc1cc(C=Nc2cc3ccccc3oc2=O)cc(OC)c1OC. The van der Waals surface area contributed by atoms with Crippen molar-refractivity contribution >= 4 is 22.9 Å². The summed E-state index contributed by atoms with van der Waals surface area (Å²) in [6.45, 7) is 0. The molecule has 6 heteroatoms. The zero-order valence-corrected chi connectivity index (χ0v) is 14.1. The molecule has 1 aromatic heterocycles. The maximum Gasteiger partial charge on any atom is 0.362 e. The van der Waals surface area contributed by atoms with Crippen LogP contribution in [0.1, 0.15) is 5.56 Å². The van der Waals surface area contributed by atoms with Gasteiger partial charge in [-0.2, -0.15) is 0 Å². The Kier molecular flexibility index (Phi) is 4.70. The minimum absolute atomic E-state index is 0.215. The zero-order chi connectivity index (χ0) is 17.8. The number of fused-ring (bicyclic) bond motifs is 1. The predicted octanol–water partition coefficient (Wildman–Crippen LogP) is 3.57. The summed E-state index contributed by atoms with van der Waals surface area (Å²) >= 11 is 0. The van der Waals surface area contributed by atoms with Crippen LogP contribution in [0.15, 0.2) is 56.7 Å². The zero-order valence-electron chi connectivity index (χ0n) is 14.1. The van der Waals surface area contributed by atoms with Gasteiger partial charge in [0.05, 0.1) is 21.3 Å². The lowest BCUT2D eigenvalue weighted by atomic mass is 10.2. The molecule has 0 N–H and O–H groups in total. The number of hydrogen-bond donors (Lipinski definition) is 0. The molecule has 0 spiro atoms. The molecule has 2 aromatic carbocycles. The van der Waals surface area contributed by atoms with E-state index in [4.69, 9.17) is 18.6 Å². The Hall–Kier alpha value is -3.28. The largest absolute Gasteiger partial charge is 0.493 e.